The summed E-state index contributed by atoms with van der Waals surface area (Å²) in [5.41, 5.74) is 0.731. The molecule has 1 aromatic rings. The first-order valence-corrected chi connectivity index (χ1v) is 8.10. The maximum Gasteiger partial charge on any atom is 0.347 e. The Hall–Kier alpha value is -1.10. The van der Waals surface area contributed by atoms with Crippen LogP contribution >= 0.6 is 11.3 Å². The van der Waals surface area contributed by atoms with Crippen LogP contribution in [0.15, 0.2) is 0 Å². The van der Waals surface area contributed by atoms with Gasteiger partial charge in [0.15, 0.2) is 5.13 Å². The van der Waals surface area contributed by atoms with Crippen LogP contribution in [-0.4, -0.2) is 28.6 Å². The molecule has 0 saturated carbocycles. The van der Waals surface area contributed by atoms with Crippen LogP contribution in [-0.2, 0) is 0 Å². The Morgan fingerprint density at radius 1 is 1.30 bits per heavy atom. The zero-order valence-electron chi connectivity index (χ0n) is 13.3. The lowest BCUT2D eigenvalue weighted by Gasteiger charge is -2.27. The van der Waals surface area contributed by atoms with Gasteiger partial charge in [-0.1, -0.05) is 39.0 Å². The molecule has 114 valence electrons. The van der Waals surface area contributed by atoms with Crippen molar-refractivity contribution in [1.29, 1.82) is 0 Å². The van der Waals surface area contributed by atoms with Gasteiger partial charge in [0.25, 0.3) is 0 Å². The van der Waals surface area contributed by atoms with Crippen molar-refractivity contribution < 1.29 is 9.90 Å². The standard InChI is InChI=1S/C15H26N2O2S/c1-7-11(6)12-13(14(18)19)20-15(16-12)17(10(4)5)8-9(2)3/h9-11H,7-8H2,1-6H3,(H,18,19). The first-order chi connectivity index (χ1) is 9.27. The molecular formula is C15H26N2O2S. The average Bonchev–Trinajstić information content (AvgIpc) is 2.79. The summed E-state index contributed by atoms with van der Waals surface area (Å²) in [7, 11) is 0. The number of aromatic nitrogens is 1. The summed E-state index contributed by atoms with van der Waals surface area (Å²) in [6.45, 7) is 13.6. The Bertz CT molecular complexity index is 455. The van der Waals surface area contributed by atoms with E-state index in [9.17, 15) is 9.90 Å². The Labute approximate surface area is 125 Å². The third kappa shape index (κ3) is 3.95. The highest BCUT2D eigenvalue weighted by molar-refractivity contribution is 7.17. The SMILES string of the molecule is CCC(C)c1nc(N(CC(C)C)C(C)C)sc1C(=O)O. The molecule has 0 spiro atoms. The summed E-state index contributed by atoms with van der Waals surface area (Å²) in [4.78, 5) is 18.7. The van der Waals surface area contributed by atoms with Gasteiger partial charge in [-0.3, -0.25) is 0 Å². The summed E-state index contributed by atoms with van der Waals surface area (Å²) in [5.74, 6) is -0.168. The lowest BCUT2D eigenvalue weighted by Crippen LogP contribution is -2.34. The fourth-order valence-corrected chi connectivity index (χ4v) is 3.19. The van der Waals surface area contributed by atoms with E-state index < -0.39 is 5.97 Å². The number of aromatic carboxylic acids is 1. The van der Waals surface area contributed by atoms with Crippen molar-refractivity contribution in [2.45, 2.75) is 59.9 Å². The first-order valence-electron chi connectivity index (χ1n) is 7.28. The van der Waals surface area contributed by atoms with Crippen LogP contribution in [0, 0.1) is 5.92 Å². The van der Waals surface area contributed by atoms with Crippen LogP contribution < -0.4 is 4.90 Å². The fourth-order valence-electron chi connectivity index (χ4n) is 2.03. The van der Waals surface area contributed by atoms with Crippen molar-refractivity contribution in [1.82, 2.24) is 4.98 Å². The van der Waals surface area contributed by atoms with Crippen molar-refractivity contribution in [2.24, 2.45) is 5.92 Å². The highest BCUT2D eigenvalue weighted by atomic mass is 32.1. The topological polar surface area (TPSA) is 53.4 Å². The predicted octanol–water partition coefficient (Wildman–Crippen LogP) is 4.23. The smallest absolute Gasteiger partial charge is 0.347 e. The molecule has 1 aromatic heterocycles. The summed E-state index contributed by atoms with van der Waals surface area (Å²) in [6, 6.07) is 0.315. The van der Waals surface area contributed by atoms with E-state index in [0.717, 1.165) is 23.8 Å². The lowest BCUT2D eigenvalue weighted by molar-refractivity contribution is 0.0700. The van der Waals surface area contributed by atoms with Crippen LogP contribution in [0.1, 0.15) is 69.2 Å². The molecule has 20 heavy (non-hydrogen) atoms. The highest BCUT2D eigenvalue weighted by Crippen LogP contribution is 2.33. The highest BCUT2D eigenvalue weighted by Gasteiger charge is 2.24. The fraction of sp³-hybridized carbons (Fsp3) is 0.733. The minimum atomic E-state index is -0.864. The summed E-state index contributed by atoms with van der Waals surface area (Å²) in [5, 5.41) is 10.2. The number of hydrogen-bond donors (Lipinski definition) is 1. The van der Waals surface area contributed by atoms with E-state index in [4.69, 9.17) is 0 Å². The Balaban J connectivity index is 3.20. The molecule has 1 heterocycles. The first kappa shape index (κ1) is 17.0. The molecule has 1 unspecified atom stereocenters. The van der Waals surface area contributed by atoms with Crippen LogP contribution in [0.2, 0.25) is 0 Å². The Morgan fingerprint density at radius 2 is 1.90 bits per heavy atom. The number of carbonyl (C=O) groups is 1. The second-order valence-corrected chi connectivity index (χ2v) is 6.94. The maximum absolute atomic E-state index is 11.4. The summed E-state index contributed by atoms with van der Waals surface area (Å²) >= 11 is 1.30. The molecule has 0 aromatic carbocycles. The molecular weight excluding hydrogens is 272 g/mol. The van der Waals surface area contributed by atoms with E-state index in [1.165, 1.54) is 11.3 Å². The number of carboxylic acid groups (broad SMARTS) is 1. The molecule has 1 rings (SSSR count). The zero-order chi connectivity index (χ0) is 15.4. The van der Waals surface area contributed by atoms with E-state index in [2.05, 4.69) is 44.5 Å². The molecule has 0 saturated heterocycles. The maximum atomic E-state index is 11.4. The van der Waals surface area contributed by atoms with Crippen molar-refractivity contribution >= 4 is 22.4 Å². The second kappa shape index (κ2) is 7.07. The molecule has 0 aliphatic rings. The van der Waals surface area contributed by atoms with E-state index in [1.54, 1.807) is 0 Å². The van der Waals surface area contributed by atoms with Gasteiger partial charge in [0.1, 0.15) is 4.88 Å². The molecule has 4 nitrogen and oxygen atoms in total. The second-order valence-electron chi connectivity index (χ2n) is 5.97. The van der Waals surface area contributed by atoms with E-state index >= 15 is 0 Å². The largest absolute Gasteiger partial charge is 0.477 e. The Kier molecular flexibility index (Phi) is 5.99. The quantitative estimate of drug-likeness (QED) is 0.818. The van der Waals surface area contributed by atoms with Crippen LogP contribution in [0.25, 0.3) is 0 Å². The molecule has 5 heteroatoms. The van der Waals surface area contributed by atoms with Crippen molar-refractivity contribution in [2.75, 3.05) is 11.4 Å². The third-order valence-corrected chi connectivity index (χ3v) is 4.44. The Morgan fingerprint density at radius 3 is 2.30 bits per heavy atom. The molecule has 1 atom stereocenters. The molecule has 0 fully saturated rings. The molecule has 0 bridgehead atoms. The van der Waals surface area contributed by atoms with Crippen LogP contribution in [0.3, 0.4) is 0 Å². The third-order valence-electron chi connectivity index (χ3n) is 3.35. The molecule has 0 aliphatic heterocycles. The van der Waals surface area contributed by atoms with Crippen molar-refractivity contribution in [3.63, 3.8) is 0 Å². The van der Waals surface area contributed by atoms with Crippen LogP contribution in [0.4, 0.5) is 5.13 Å². The van der Waals surface area contributed by atoms with Gasteiger partial charge >= 0.3 is 5.97 Å². The number of thiazole rings is 1. The lowest BCUT2D eigenvalue weighted by atomic mass is 10.0. The van der Waals surface area contributed by atoms with Gasteiger partial charge in [0.05, 0.1) is 5.69 Å². The van der Waals surface area contributed by atoms with Gasteiger partial charge in [-0.05, 0) is 32.1 Å². The van der Waals surface area contributed by atoms with Crippen LogP contribution in [0.5, 0.6) is 0 Å². The minimum absolute atomic E-state index is 0.180. The monoisotopic (exact) mass is 298 g/mol. The summed E-state index contributed by atoms with van der Waals surface area (Å²) in [6.07, 6.45) is 0.898. The number of nitrogens with zero attached hydrogens (tertiary/aromatic N) is 2. The van der Waals surface area contributed by atoms with E-state index in [1.807, 2.05) is 6.92 Å². The number of rotatable bonds is 7. The number of carboxylic acids is 1. The summed E-state index contributed by atoms with van der Waals surface area (Å²) < 4.78 is 0. The van der Waals surface area contributed by atoms with Gasteiger partial charge in [0, 0.05) is 12.6 Å². The molecule has 1 N–H and O–H groups in total. The van der Waals surface area contributed by atoms with Gasteiger partial charge in [-0.15, -0.1) is 0 Å². The van der Waals surface area contributed by atoms with Gasteiger partial charge in [0.2, 0.25) is 0 Å². The normalized spacial score (nSPS) is 13.0. The van der Waals surface area contributed by atoms with Gasteiger partial charge in [-0.2, -0.15) is 0 Å². The molecule has 0 radical (unpaired) electrons. The van der Waals surface area contributed by atoms with Gasteiger partial charge < -0.3 is 10.0 Å². The number of anilines is 1. The van der Waals surface area contributed by atoms with Crippen molar-refractivity contribution in [3.05, 3.63) is 10.6 Å². The van der Waals surface area contributed by atoms with E-state index in [-0.39, 0.29) is 5.92 Å². The predicted molar refractivity (Wildman–Crippen MR) is 85.1 cm³/mol. The van der Waals surface area contributed by atoms with Gasteiger partial charge in [-0.25, -0.2) is 9.78 Å². The number of hydrogen-bond acceptors (Lipinski definition) is 4. The molecule has 0 aliphatic carbocycles. The van der Waals surface area contributed by atoms with E-state index in [0.29, 0.717) is 16.8 Å². The molecule has 0 amide bonds. The zero-order valence-corrected chi connectivity index (χ0v) is 14.1. The van der Waals surface area contributed by atoms with Crippen molar-refractivity contribution in [3.8, 4) is 0 Å². The minimum Gasteiger partial charge on any atom is -0.477 e. The average molecular weight is 298 g/mol.